The van der Waals surface area contributed by atoms with Crippen LogP contribution in [0.5, 0.6) is 5.75 Å². The van der Waals surface area contributed by atoms with E-state index in [1.165, 1.54) is 11.8 Å². The molecule has 31 heavy (non-hydrogen) atoms. The molecule has 0 saturated carbocycles. The molecule has 0 unspecified atom stereocenters. The number of ketones is 1. The number of thioether (sulfide) groups is 1. The van der Waals surface area contributed by atoms with Gasteiger partial charge in [-0.3, -0.25) is 9.36 Å². The number of carbonyl (C=O) groups excluding carboxylic acids is 1. The average Bonchev–Trinajstić information content (AvgIpc) is 3.22. The number of ether oxygens (including phenoxy) is 1. The quantitative estimate of drug-likeness (QED) is 0.252. The number of nitrogens with zero attached hydrogens (tertiary/aromatic N) is 3. The summed E-state index contributed by atoms with van der Waals surface area (Å²) in [6.45, 7) is 2.16. The first-order valence-electron chi connectivity index (χ1n) is 9.71. The summed E-state index contributed by atoms with van der Waals surface area (Å²) >= 11 is 7.46. The topological polar surface area (TPSA) is 57.0 Å². The second-order valence-corrected chi connectivity index (χ2v) is 8.20. The smallest absolute Gasteiger partial charge is 0.196 e. The Hall–Kier alpha value is -3.09. The van der Waals surface area contributed by atoms with Crippen LogP contribution in [0.3, 0.4) is 0 Å². The minimum Gasteiger partial charge on any atom is -0.486 e. The summed E-state index contributed by atoms with van der Waals surface area (Å²) in [5.74, 6) is 1.67. The molecule has 4 aromatic rings. The maximum atomic E-state index is 12.5. The van der Waals surface area contributed by atoms with E-state index in [1.54, 1.807) is 0 Å². The Morgan fingerprint density at radius 3 is 2.42 bits per heavy atom. The van der Waals surface area contributed by atoms with Crippen LogP contribution >= 0.6 is 23.4 Å². The molecule has 0 radical (unpaired) electrons. The fourth-order valence-electron chi connectivity index (χ4n) is 3.02. The number of benzene rings is 3. The molecule has 0 N–H and O–H groups in total. The van der Waals surface area contributed by atoms with Crippen LogP contribution in [0.15, 0.2) is 84.0 Å². The van der Waals surface area contributed by atoms with Crippen molar-refractivity contribution < 1.29 is 9.53 Å². The fourth-order valence-corrected chi connectivity index (χ4v) is 4.00. The summed E-state index contributed by atoms with van der Waals surface area (Å²) in [5.41, 5.74) is 2.54. The minimum atomic E-state index is 0.0441. The first kappa shape index (κ1) is 21.2. The minimum absolute atomic E-state index is 0.0441. The van der Waals surface area contributed by atoms with Crippen LogP contribution in [-0.4, -0.2) is 26.3 Å². The molecule has 0 amide bonds. The number of para-hydroxylation sites is 1. The number of aryl methyl sites for hydroxylation is 1. The number of Topliss-reactive ketones (excluding diaryl/α,β-unsaturated/α-hetero) is 1. The number of halogens is 1. The Balaban J connectivity index is 1.55. The van der Waals surface area contributed by atoms with E-state index in [9.17, 15) is 4.79 Å². The highest BCUT2D eigenvalue weighted by atomic mass is 35.5. The Labute approximate surface area is 190 Å². The van der Waals surface area contributed by atoms with Gasteiger partial charge in [-0.15, -0.1) is 10.2 Å². The predicted molar refractivity (Wildman–Crippen MR) is 123 cm³/mol. The second kappa shape index (κ2) is 9.81. The van der Waals surface area contributed by atoms with Gasteiger partial charge in [0.25, 0.3) is 0 Å². The van der Waals surface area contributed by atoms with Crippen molar-refractivity contribution in [3.05, 3.63) is 101 Å². The summed E-state index contributed by atoms with van der Waals surface area (Å²) in [6.07, 6.45) is 0. The largest absolute Gasteiger partial charge is 0.486 e. The molecule has 5 nitrogen and oxygen atoms in total. The van der Waals surface area contributed by atoms with Gasteiger partial charge in [0.2, 0.25) is 0 Å². The molecule has 3 aromatic carbocycles. The zero-order valence-electron chi connectivity index (χ0n) is 16.9. The van der Waals surface area contributed by atoms with Gasteiger partial charge < -0.3 is 4.74 Å². The molecule has 0 atom stereocenters. The third-order valence-electron chi connectivity index (χ3n) is 4.64. The Kier molecular flexibility index (Phi) is 6.70. The molecule has 0 saturated heterocycles. The highest BCUT2D eigenvalue weighted by Crippen LogP contribution is 2.25. The lowest BCUT2D eigenvalue weighted by atomic mass is 10.2. The monoisotopic (exact) mass is 449 g/mol. The van der Waals surface area contributed by atoms with Gasteiger partial charge in [0.05, 0.1) is 5.75 Å². The van der Waals surface area contributed by atoms with Crippen molar-refractivity contribution in [3.63, 3.8) is 0 Å². The molecule has 0 aliphatic carbocycles. The molecule has 0 aliphatic rings. The lowest BCUT2D eigenvalue weighted by Gasteiger charge is -2.11. The van der Waals surface area contributed by atoms with Gasteiger partial charge in [-0.25, -0.2) is 0 Å². The highest BCUT2D eigenvalue weighted by Gasteiger charge is 2.17. The SMILES string of the molecule is Cc1cc(OCc2nnc(SCC(=O)c3ccccc3)n2-c2ccccc2)ccc1Cl. The summed E-state index contributed by atoms with van der Waals surface area (Å²) in [7, 11) is 0. The van der Waals surface area contributed by atoms with E-state index in [1.807, 2.05) is 90.4 Å². The Morgan fingerprint density at radius 1 is 1.00 bits per heavy atom. The normalized spacial score (nSPS) is 10.8. The van der Waals surface area contributed by atoms with E-state index < -0.39 is 0 Å². The highest BCUT2D eigenvalue weighted by molar-refractivity contribution is 7.99. The summed E-state index contributed by atoms with van der Waals surface area (Å²) < 4.78 is 7.86. The summed E-state index contributed by atoms with van der Waals surface area (Å²) in [5, 5.41) is 9.99. The number of hydrogen-bond donors (Lipinski definition) is 0. The van der Waals surface area contributed by atoms with Crippen molar-refractivity contribution in [2.24, 2.45) is 0 Å². The maximum Gasteiger partial charge on any atom is 0.196 e. The Morgan fingerprint density at radius 2 is 1.71 bits per heavy atom. The number of carbonyl (C=O) groups is 1. The molecule has 0 aliphatic heterocycles. The van der Waals surface area contributed by atoms with Crippen LogP contribution in [0.25, 0.3) is 5.69 Å². The molecule has 4 rings (SSSR count). The predicted octanol–water partition coefficient (Wildman–Crippen LogP) is 5.78. The van der Waals surface area contributed by atoms with Crippen molar-refractivity contribution in [2.75, 3.05) is 5.75 Å². The summed E-state index contributed by atoms with van der Waals surface area (Å²) in [6, 6.07) is 24.6. The van der Waals surface area contributed by atoms with Gasteiger partial charge in [0.1, 0.15) is 12.4 Å². The molecule has 1 aromatic heterocycles. The van der Waals surface area contributed by atoms with Gasteiger partial charge in [0.15, 0.2) is 16.8 Å². The van der Waals surface area contributed by atoms with E-state index >= 15 is 0 Å². The van der Waals surface area contributed by atoms with Gasteiger partial charge >= 0.3 is 0 Å². The van der Waals surface area contributed by atoms with Gasteiger partial charge in [0, 0.05) is 16.3 Å². The van der Waals surface area contributed by atoms with Crippen molar-refractivity contribution in [1.29, 1.82) is 0 Å². The second-order valence-electron chi connectivity index (χ2n) is 6.85. The van der Waals surface area contributed by atoms with Crippen LogP contribution < -0.4 is 4.74 Å². The first-order chi connectivity index (χ1) is 15.1. The zero-order chi connectivity index (χ0) is 21.6. The molecule has 0 bridgehead atoms. The lowest BCUT2D eigenvalue weighted by Crippen LogP contribution is -2.08. The van der Waals surface area contributed by atoms with Crippen molar-refractivity contribution >= 4 is 29.1 Å². The first-order valence-corrected chi connectivity index (χ1v) is 11.1. The molecular formula is C24H20ClN3O2S. The molecule has 0 fully saturated rings. The number of aromatic nitrogens is 3. The van der Waals surface area contributed by atoms with Crippen LogP contribution in [-0.2, 0) is 6.61 Å². The van der Waals surface area contributed by atoms with Crippen LogP contribution in [0, 0.1) is 6.92 Å². The Bertz CT molecular complexity index is 1180. The van der Waals surface area contributed by atoms with Crippen molar-refractivity contribution in [2.45, 2.75) is 18.7 Å². The standard InChI is InChI=1S/C24H20ClN3O2S/c1-17-14-20(12-13-21(17)25)30-15-23-26-27-24(28(23)19-10-6-3-7-11-19)31-16-22(29)18-8-4-2-5-9-18/h2-14H,15-16H2,1H3. The van der Waals surface area contributed by atoms with Crippen LogP contribution in [0.2, 0.25) is 5.02 Å². The van der Waals surface area contributed by atoms with Gasteiger partial charge in [-0.05, 0) is 42.8 Å². The van der Waals surface area contributed by atoms with Gasteiger partial charge in [-0.1, -0.05) is 71.9 Å². The fraction of sp³-hybridized carbons (Fsp3) is 0.125. The van der Waals surface area contributed by atoms with E-state index in [0.717, 1.165) is 11.3 Å². The zero-order valence-corrected chi connectivity index (χ0v) is 18.4. The average molecular weight is 450 g/mol. The van der Waals surface area contributed by atoms with Crippen LogP contribution in [0.1, 0.15) is 21.7 Å². The van der Waals surface area contributed by atoms with Crippen LogP contribution in [0.4, 0.5) is 0 Å². The molecule has 156 valence electrons. The number of rotatable bonds is 8. The van der Waals surface area contributed by atoms with E-state index in [4.69, 9.17) is 16.3 Å². The van der Waals surface area contributed by atoms with E-state index in [0.29, 0.717) is 27.3 Å². The lowest BCUT2D eigenvalue weighted by molar-refractivity contribution is 0.102. The number of hydrogen-bond acceptors (Lipinski definition) is 5. The molecule has 0 spiro atoms. The van der Waals surface area contributed by atoms with Crippen molar-refractivity contribution in [3.8, 4) is 11.4 Å². The van der Waals surface area contributed by atoms with Crippen molar-refractivity contribution in [1.82, 2.24) is 14.8 Å². The molecule has 1 heterocycles. The maximum absolute atomic E-state index is 12.5. The third kappa shape index (κ3) is 5.16. The third-order valence-corrected chi connectivity index (χ3v) is 5.99. The van der Waals surface area contributed by atoms with E-state index in [2.05, 4.69) is 10.2 Å². The molecular weight excluding hydrogens is 430 g/mol. The van der Waals surface area contributed by atoms with Gasteiger partial charge in [-0.2, -0.15) is 0 Å². The summed E-state index contributed by atoms with van der Waals surface area (Å²) in [4.78, 5) is 12.5. The van der Waals surface area contributed by atoms with E-state index in [-0.39, 0.29) is 18.1 Å². The molecule has 7 heteroatoms.